The number of nitrogens with zero attached hydrogens (tertiary/aromatic N) is 1. The molecule has 0 heterocycles. The minimum atomic E-state index is 0.751. The fourth-order valence-electron chi connectivity index (χ4n) is 2.54. The first-order valence-corrected chi connectivity index (χ1v) is 7.04. The number of benzene rings is 1. The van der Waals surface area contributed by atoms with Gasteiger partial charge in [-0.2, -0.15) is 0 Å². The van der Waals surface area contributed by atoms with E-state index in [1.54, 1.807) is 0 Å². The zero-order chi connectivity index (χ0) is 12.3. The Morgan fingerprint density at radius 2 is 1.88 bits per heavy atom. The van der Waals surface area contributed by atoms with Crippen LogP contribution in [0.25, 0.3) is 0 Å². The van der Waals surface area contributed by atoms with Gasteiger partial charge in [0, 0.05) is 11.1 Å². The first kappa shape index (κ1) is 12.9. The molecule has 0 bridgehead atoms. The Labute approximate surface area is 110 Å². The third-order valence-electron chi connectivity index (χ3n) is 3.94. The highest BCUT2D eigenvalue weighted by molar-refractivity contribution is 6.30. The molecule has 1 fully saturated rings. The lowest BCUT2D eigenvalue weighted by Crippen LogP contribution is -2.41. The van der Waals surface area contributed by atoms with E-state index in [1.165, 1.54) is 37.8 Å². The average Bonchev–Trinajstić information content (AvgIpc) is 2.27. The monoisotopic (exact) mass is 251 g/mol. The molecule has 0 N–H and O–H groups in total. The number of hydrogen-bond acceptors (Lipinski definition) is 1. The maximum Gasteiger partial charge on any atom is 0.0406 e. The zero-order valence-corrected chi connectivity index (χ0v) is 11.6. The third kappa shape index (κ3) is 3.23. The fraction of sp³-hybridized carbons (Fsp3) is 0.600. The Morgan fingerprint density at radius 3 is 2.47 bits per heavy atom. The van der Waals surface area contributed by atoms with Crippen LogP contribution in [0.5, 0.6) is 0 Å². The van der Waals surface area contributed by atoms with Gasteiger partial charge in [0.25, 0.3) is 0 Å². The second-order valence-electron chi connectivity index (χ2n) is 5.21. The van der Waals surface area contributed by atoms with E-state index in [2.05, 4.69) is 31.0 Å². The van der Waals surface area contributed by atoms with Crippen molar-refractivity contribution in [1.82, 2.24) is 4.90 Å². The number of rotatable bonds is 5. The molecule has 1 aliphatic rings. The molecular weight excluding hydrogens is 230 g/mol. The van der Waals surface area contributed by atoms with E-state index in [1.807, 2.05) is 12.1 Å². The highest BCUT2D eigenvalue weighted by atomic mass is 35.5. The van der Waals surface area contributed by atoms with Crippen molar-refractivity contribution in [1.29, 1.82) is 0 Å². The molecule has 0 atom stereocenters. The normalized spacial score (nSPS) is 23.8. The molecule has 1 aromatic carbocycles. The van der Waals surface area contributed by atoms with Gasteiger partial charge in [0.1, 0.15) is 0 Å². The molecule has 0 aromatic heterocycles. The van der Waals surface area contributed by atoms with E-state index in [0.29, 0.717) is 0 Å². The van der Waals surface area contributed by atoms with Crippen molar-refractivity contribution in [3.8, 4) is 0 Å². The van der Waals surface area contributed by atoms with E-state index in [0.717, 1.165) is 17.0 Å². The molecule has 2 heteroatoms. The lowest BCUT2D eigenvalue weighted by molar-refractivity contribution is 0.135. The standard InChI is InChI=1S/C15H22ClN/c1-3-4-9-17(2)15-10-13(11-15)12-5-7-14(16)8-6-12/h5-8,13,15H,3-4,9-11H2,1-2H3. The third-order valence-corrected chi connectivity index (χ3v) is 4.19. The van der Waals surface area contributed by atoms with E-state index < -0.39 is 0 Å². The number of unbranched alkanes of at least 4 members (excludes halogenated alkanes) is 1. The van der Waals surface area contributed by atoms with E-state index in [-0.39, 0.29) is 0 Å². The highest BCUT2D eigenvalue weighted by Crippen LogP contribution is 2.39. The van der Waals surface area contributed by atoms with Crippen molar-refractivity contribution < 1.29 is 0 Å². The maximum absolute atomic E-state index is 5.91. The quantitative estimate of drug-likeness (QED) is 0.754. The zero-order valence-electron chi connectivity index (χ0n) is 10.8. The van der Waals surface area contributed by atoms with Gasteiger partial charge in [0.2, 0.25) is 0 Å². The first-order chi connectivity index (χ1) is 8.20. The molecular formula is C15H22ClN. The van der Waals surface area contributed by atoms with Gasteiger partial charge in [-0.1, -0.05) is 37.1 Å². The Hall–Kier alpha value is -0.530. The lowest BCUT2D eigenvalue weighted by atomic mass is 9.75. The summed E-state index contributed by atoms with van der Waals surface area (Å²) in [6.07, 6.45) is 5.22. The highest BCUT2D eigenvalue weighted by Gasteiger charge is 2.32. The van der Waals surface area contributed by atoms with Crippen molar-refractivity contribution in [2.45, 2.75) is 44.6 Å². The molecule has 0 spiro atoms. The summed E-state index contributed by atoms with van der Waals surface area (Å²) in [5.74, 6) is 0.751. The van der Waals surface area contributed by atoms with Crippen LogP contribution < -0.4 is 0 Å². The van der Waals surface area contributed by atoms with Crippen LogP contribution in [0.1, 0.15) is 44.1 Å². The Kier molecular flexibility index (Phi) is 4.47. The van der Waals surface area contributed by atoms with Gasteiger partial charge < -0.3 is 4.90 Å². The minimum absolute atomic E-state index is 0.751. The largest absolute Gasteiger partial charge is 0.303 e. The van der Waals surface area contributed by atoms with Gasteiger partial charge >= 0.3 is 0 Å². The van der Waals surface area contributed by atoms with Crippen LogP contribution >= 0.6 is 11.6 Å². The summed E-state index contributed by atoms with van der Waals surface area (Å²) >= 11 is 5.91. The summed E-state index contributed by atoms with van der Waals surface area (Å²) in [5.41, 5.74) is 1.45. The molecule has 94 valence electrons. The lowest BCUT2D eigenvalue weighted by Gasteiger charge is -2.41. The molecule has 1 saturated carbocycles. The first-order valence-electron chi connectivity index (χ1n) is 6.66. The van der Waals surface area contributed by atoms with Crippen LogP contribution in [-0.2, 0) is 0 Å². The van der Waals surface area contributed by atoms with Crippen molar-refractivity contribution in [2.24, 2.45) is 0 Å². The molecule has 0 unspecified atom stereocenters. The molecule has 0 radical (unpaired) electrons. The summed E-state index contributed by atoms with van der Waals surface area (Å²) in [5, 5.41) is 0.838. The van der Waals surface area contributed by atoms with Gasteiger partial charge in [-0.05, 0) is 56.5 Å². The van der Waals surface area contributed by atoms with Crippen molar-refractivity contribution >= 4 is 11.6 Å². The molecule has 1 aliphatic carbocycles. The summed E-state index contributed by atoms with van der Waals surface area (Å²) < 4.78 is 0. The van der Waals surface area contributed by atoms with Crippen molar-refractivity contribution in [3.05, 3.63) is 34.9 Å². The molecule has 1 aromatic rings. The Morgan fingerprint density at radius 1 is 1.24 bits per heavy atom. The topological polar surface area (TPSA) is 3.24 Å². The molecule has 2 rings (SSSR count). The second kappa shape index (κ2) is 5.88. The van der Waals surface area contributed by atoms with E-state index in [9.17, 15) is 0 Å². The summed E-state index contributed by atoms with van der Waals surface area (Å²) in [6, 6.07) is 9.16. The molecule has 17 heavy (non-hydrogen) atoms. The van der Waals surface area contributed by atoms with Crippen molar-refractivity contribution in [2.75, 3.05) is 13.6 Å². The van der Waals surface area contributed by atoms with Gasteiger partial charge in [-0.25, -0.2) is 0 Å². The van der Waals surface area contributed by atoms with Crippen LogP contribution in [0, 0.1) is 0 Å². The van der Waals surface area contributed by atoms with Crippen LogP contribution in [0.15, 0.2) is 24.3 Å². The Bertz CT molecular complexity index is 340. The van der Waals surface area contributed by atoms with Gasteiger partial charge in [0.05, 0.1) is 0 Å². The number of hydrogen-bond donors (Lipinski definition) is 0. The summed E-state index contributed by atoms with van der Waals surface area (Å²) in [7, 11) is 2.26. The van der Waals surface area contributed by atoms with Gasteiger partial charge in [-0.15, -0.1) is 0 Å². The number of halogens is 1. The smallest absolute Gasteiger partial charge is 0.0406 e. The summed E-state index contributed by atoms with van der Waals surface area (Å²) in [4.78, 5) is 2.52. The van der Waals surface area contributed by atoms with E-state index in [4.69, 9.17) is 11.6 Å². The molecule has 0 aliphatic heterocycles. The average molecular weight is 252 g/mol. The van der Waals surface area contributed by atoms with Crippen LogP contribution in [0.3, 0.4) is 0 Å². The van der Waals surface area contributed by atoms with Crippen LogP contribution in [-0.4, -0.2) is 24.5 Å². The predicted molar refractivity (Wildman–Crippen MR) is 74.8 cm³/mol. The van der Waals surface area contributed by atoms with Crippen molar-refractivity contribution in [3.63, 3.8) is 0 Å². The second-order valence-corrected chi connectivity index (χ2v) is 5.64. The maximum atomic E-state index is 5.91. The minimum Gasteiger partial charge on any atom is -0.303 e. The molecule has 0 saturated heterocycles. The van der Waals surface area contributed by atoms with Crippen LogP contribution in [0.4, 0.5) is 0 Å². The Balaban J connectivity index is 1.80. The fourth-order valence-corrected chi connectivity index (χ4v) is 2.67. The van der Waals surface area contributed by atoms with E-state index >= 15 is 0 Å². The van der Waals surface area contributed by atoms with Gasteiger partial charge in [-0.3, -0.25) is 0 Å². The van der Waals surface area contributed by atoms with Crippen LogP contribution in [0.2, 0.25) is 5.02 Å². The summed E-state index contributed by atoms with van der Waals surface area (Å²) in [6.45, 7) is 3.50. The molecule has 1 nitrogen and oxygen atoms in total. The molecule has 0 amide bonds. The predicted octanol–water partition coefficient (Wildman–Crippen LogP) is 4.32. The van der Waals surface area contributed by atoms with Gasteiger partial charge in [0.15, 0.2) is 0 Å². The SMILES string of the molecule is CCCCN(C)C1CC(c2ccc(Cl)cc2)C1.